The van der Waals surface area contributed by atoms with Crippen molar-refractivity contribution in [1.82, 2.24) is 5.32 Å². The molecule has 0 aliphatic heterocycles. The lowest BCUT2D eigenvalue weighted by atomic mass is 9.82. The summed E-state index contributed by atoms with van der Waals surface area (Å²) in [7, 11) is 0. The van der Waals surface area contributed by atoms with E-state index in [0.717, 1.165) is 19.3 Å². The minimum absolute atomic E-state index is 0.0868. The molecule has 16 heavy (non-hydrogen) atoms. The standard InChI is InChI=1S/C13H22N2O/c1-5-9-8-10(6-7-11(9)14)15-12(16)13(2,3)4/h1,9-11H,6-8,14H2,2-4H3,(H,15,16)/t9?,10-,11-/m1/s1. The number of nitrogens with two attached hydrogens (primary N) is 1. The number of rotatable bonds is 1. The van der Waals surface area contributed by atoms with Gasteiger partial charge < -0.3 is 11.1 Å². The molecule has 90 valence electrons. The number of terminal acetylenes is 1. The Morgan fingerprint density at radius 3 is 2.56 bits per heavy atom. The lowest BCUT2D eigenvalue weighted by Crippen LogP contribution is -2.47. The first kappa shape index (κ1) is 13.1. The average molecular weight is 222 g/mol. The van der Waals surface area contributed by atoms with E-state index in [1.807, 2.05) is 20.8 Å². The molecule has 1 aliphatic rings. The fourth-order valence-electron chi connectivity index (χ4n) is 1.92. The van der Waals surface area contributed by atoms with Crippen molar-refractivity contribution in [2.45, 2.75) is 52.1 Å². The predicted octanol–water partition coefficient (Wildman–Crippen LogP) is 1.28. The van der Waals surface area contributed by atoms with Gasteiger partial charge in [0.1, 0.15) is 0 Å². The number of carbonyl (C=O) groups excluding carboxylic acids is 1. The zero-order chi connectivity index (χ0) is 12.3. The van der Waals surface area contributed by atoms with Crippen molar-refractivity contribution < 1.29 is 4.79 Å². The Balaban J connectivity index is 2.52. The van der Waals surface area contributed by atoms with Crippen molar-refractivity contribution in [1.29, 1.82) is 0 Å². The maximum Gasteiger partial charge on any atom is 0.225 e. The smallest absolute Gasteiger partial charge is 0.225 e. The highest BCUT2D eigenvalue weighted by atomic mass is 16.2. The fraction of sp³-hybridized carbons (Fsp3) is 0.769. The quantitative estimate of drug-likeness (QED) is 0.657. The molecule has 0 aromatic rings. The summed E-state index contributed by atoms with van der Waals surface area (Å²) in [6, 6.07) is 0.278. The number of hydrogen-bond acceptors (Lipinski definition) is 2. The third kappa shape index (κ3) is 3.24. The molecule has 0 aromatic heterocycles. The fourth-order valence-corrected chi connectivity index (χ4v) is 1.92. The van der Waals surface area contributed by atoms with Crippen molar-refractivity contribution in [3.63, 3.8) is 0 Å². The Bertz CT molecular complexity index is 298. The number of carbonyl (C=O) groups is 1. The molecule has 1 amide bonds. The molecule has 3 heteroatoms. The van der Waals surface area contributed by atoms with E-state index in [4.69, 9.17) is 12.2 Å². The molecule has 1 fully saturated rings. The summed E-state index contributed by atoms with van der Waals surface area (Å²) in [6.45, 7) is 5.74. The van der Waals surface area contributed by atoms with E-state index in [1.54, 1.807) is 0 Å². The van der Waals surface area contributed by atoms with E-state index in [-0.39, 0.29) is 29.3 Å². The van der Waals surface area contributed by atoms with Crippen LogP contribution in [0.2, 0.25) is 0 Å². The van der Waals surface area contributed by atoms with Gasteiger partial charge in [-0.15, -0.1) is 12.3 Å². The molecule has 0 heterocycles. The van der Waals surface area contributed by atoms with Crippen LogP contribution < -0.4 is 11.1 Å². The number of nitrogens with one attached hydrogen (secondary N) is 1. The van der Waals surface area contributed by atoms with Crippen LogP contribution in [0.1, 0.15) is 40.0 Å². The van der Waals surface area contributed by atoms with Gasteiger partial charge in [0.15, 0.2) is 0 Å². The minimum Gasteiger partial charge on any atom is -0.353 e. The van der Waals surface area contributed by atoms with Crippen LogP contribution in [-0.4, -0.2) is 18.0 Å². The Kier molecular flexibility index (Phi) is 3.98. The van der Waals surface area contributed by atoms with E-state index in [1.165, 1.54) is 0 Å². The third-order valence-corrected chi connectivity index (χ3v) is 3.13. The molecule has 0 saturated heterocycles. The van der Waals surface area contributed by atoms with E-state index < -0.39 is 0 Å². The molecule has 1 aliphatic carbocycles. The molecular weight excluding hydrogens is 200 g/mol. The summed E-state index contributed by atoms with van der Waals surface area (Å²) in [5.41, 5.74) is 5.57. The summed E-state index contributed by atoms with van der Waals surface area (Å²) in [5.74, 6) is 2.90. The van der Waals surface area contributed by atoms with Crippen molar-refractivity contribution in [3.05, 3.63) is 0 Å². The van der Waals surface area contributed by atoms with Crippen LogP contribution in [0.4, 0.5) is 0 Å². The second-order valence-electron chi connectivity index (χ2n) is 5.67. The van der Waals surface area contributed by atoms with E-state index in [2.05, 4.69) is 11.2 Å². The molecule has 0 radical (unpaired) electrons. The van der Waals surface area contributed by atoms with E-state index in [9.17, 15) is 4.79 Å². The molecule has 1 saturated carbocycles. The molecule has 3 atom stereocenters. The lowest BCUT2D eigenvalue weighted by molar-refractivity contribution is -0.129. The maximum absolute atomic E-state index is 11.8. The second kappa shape index (κ2) is 4.88. The Morgan fingerprint density at radius 2 is 2.06 bits per heavy atom. The van der Waals surface area contributed by atoms with E-state index >= 15 is 0 Å². The monoisotopic (exact) mass is 222 g/mol. The lowest BCUT2D eigenvalue weighted by Gasteiger charge is -2.33. The summed E-state index contributed by atoms with van der Waals surface area (Å²) in [5, 5.41) is 3.05. The highest BCUT2D eigenvalue weighted by Gasteiger charge is 2.30. The number of amides is 1. The predicted molar refractivity (Wildman–Crippen MR) is 65.5 cm³/mol. The molecule has 3 N–H and O–H groups in total. The van der Waals surface area contributed by atoms with Gasteiger partial charge in [-0.3, -0.25) is 4.79 Å². The molecule has 3 nitrogen and oxygen atoms in total. The Hall–Kier alpha value is -1.01. The second-order valence-corrected chi connectivity index (χ2v) is 5.67. The summed E-state index contributed by atoms with van der Waals surface area (Å²) in [6.07, 6.45) is 8.06. The van der Waals surface area contributed by atoms with Gasteiger partial charge in [0.2, 0.25) is 5.91 Å². The van der Waals surface area contributed by atoms with Crippen LogP contribution >= 0.6 is 0 Å². The van der Waals surface area contributed by atoms with Gasteiger partial charge in [0.25, 0.3) is 0 Å². The zero-order valence-corrected chi connectivity index (χ0v) is 10.4. The maximum atomic E-state index is 11.8. The van der Waals surface area contributed by atoms with Crippen LogP contribution in [0.25, 0.3) is 0 Å². The molecule has 1 unspecified atom stereocenters. The van der Waals surface area contributed by atoms with Crippen molar-refractivity contribution in [2.24, 2.45) is 17.1 Å². The van der Waals surface area contributed by atoms with Crippen LogP contribution in [0.3, 0.4) is 0 Å². The van der Waals surface area contributed by atoms with Crippen molar-refractivity contribution in [3.8, 4) is 12.3 Å². The largest absolute Gasteiger partial charge is 0.353 e. The van der Waals surface area contributed by atoms with Crippen LogP contribution in [0, 0.1) is 23.7 Å². The first-order chi connectivity index (χ1) is 7.34. The topological polar surface area (TPSA) is 55.1 Å². The van der Waals surface area contributed by atoms with Crippen LogP contribution in [-0.2, 0) is 4.79 Å². The van der Waals surface area contributed by atoms with Gasteiger partial charge in [0, 0.05) is 23.4 Å². The van der Waals surface area contributed by atoms with Gasteiger partial charge in [0.05, 0.1) is 0 Å². The average Bonchev–Trinajstić information content (AvgIpc) is 2.19. The Morgan fingerprint density at radius 1 is 1.44 bits per heavy atom. The van der Waals surface area contributed by atoms with E-state index in [0.29, 0.717) is 0 Å². The summed E-state index contributed by atoms with van der Waals surface area (Å²) in [4.78, 5) is 11.8. The van der Waals surface area contributed by atoms with Gasteiger partial charge in [-0.25, -0.2) is 0 Å². The third-order valence-electron chi connectivity index (χ3n) is 3.13. The summed E-state index contributed by atoms with van der Waals surface area (Å²) < 4.78 is 0. The molecular formula is C13H22N2O. The van der Waals surface area contributed by atoms with Crippen molar-refractivity contribution >= 4 is 5.91 Å². The molecule has 0 bridgehead atoms. The van der Waals surface area contributed by atoms with Gasteiger partial charge in [-0.05, 0) is 19.3 Å². The first-order valence-electron chi connectivity index (χ1n) is 5.87. The minimum atomic E-state index is -0.342. The molecule has 0 aromatic carbocycles. The molecule has 0 spiro atoms. The Labute approximate surface area is 98.2 Å². The zero-order valence-electron chi connectivity index (χ0n) is 10.4. The van der Waals surface area contributed by atoms with Gasteiger partial charge >= 0.3 is 0 Å². The van der Waals surface area contributed by atoms with Crippen molar-refractivity contribution in [2.75, 3.05) is 0 Å². The normalized spacial score (nSPS) is 30.6. The van der Waals surface area contributed by atoms with Gasteiger partial charge in [-0.1, -0.05) is 20.8 Å². The molecule has 1 rings (SSSR count). The number of hydrogen-bond donors (Lipinski definition) is 2. The highest BCUT2D eigenvalue weighted by molar-refractivity contribution is 5.81. The van der Waals surface area contributed by atoms with Crippen LogP contribution in [0.5, 0.6) is 0 Å². The van der Waals surface area contributed by atoms with Gasteiger partial charge in [-0.2, -0.15) is 0 Å². The highest BCUT2D eigenvalue weighted by Crippen LogP contribution is 2.24. The SMILES string of the molecule is C#CC1C[C@H](NC(=O)C(C)(C)C)CC[C@H]1N. The van der Waals surface area contributed by atoms with Crippen LogP contribution in [0.15, 0.2) is 0 Å². The summed E-state index contributed by atoms with van der Waals surface area (Å²) >= 11 is 0. The first-order valence-corrected chi connectivity index (χ1v) is 5.87.